The summed E-state index contributed by atoms with van der Waals surface area (Å²) in [4.78, 5) is 14.8. The van der Waals surface area contributed by atoms with Crippen molar-refractivity contribution in [3.8, 4) is 11.8 Å². The molecule has 1 heterocycles. The fourth-order valence-corrected chi connectivity index (χ4v) is 5.78. The van der Waals surface area contributed by atoms with Gasteiger partial charge in [0.25, 0.3) is 0 Å². The average molecular weight is 354 g/mol. The molecule has 5 nitrogen and oxygen atoms in total. The molecule has 5 heteroatoms. The van der Waals surface area contributed by atoms with Crippen LogP contribution in [0.3, 0.4) is 0 Å². The summed E-state index contributed by atoms with van der Waals surface area (Å²) in [5.41, 5.74) is 0.0471. The summed E-state index contributed by atoms with van der Waals surface area (Å²) in [5, 5.41) is 32.1. The Morgan fingerprint density at radius 1 is 1.38 bits per heavy atom. The Bertz CT molecular complexity index is 812. The van der Waals surface area contributed by atoms with Crippen LogP contribution >= 0.6 is 0 Å². The monoisotopic (exact) mass is 354 g/mol. The van der Waals surface area contributed by atoms with Gasteiger partial charge < -0.3 is 10.2 Å². The normalized spacial score (nSPS) is 33.5. The molecule has 0 amide bonds. The van der Waals surface area contributed by atoms with Gasteiger partial charge >= 0.3 is 0 Å². The number of ketones is 1. The number of piperidine rings is 1. The molecule has 1 saturated carbocycles. The molecule has 0 radical (unpaired) electrons. The summed E-state index contributed by atoms with van der Waals surface area (Å²) in [6.45, 7) is 6.07. The number of phenols is 1. The Kier molecular flexibility index (Phi) is 3.91. The van der Waals surface area contributed by atoms with Crippen LogP contribution in [-0.2, 0) is 16.6 Å². The molecule has 2 fully saturated rings. The van der Waals surface area contributed by atoms with Crippen molar-refractivity contribution >= 4 is 5.78 Å². The average Bonchev–Trinajstić information content (AvgIpc) is 2.57. The molecule has 2 bridgehead atoms. The van der Waals surface area contributed by atoms with Gasteiger partial charge in [0, 0.05) is 36.4 Å². The number of hydrogen-bond donors (Lipinski definition) is 2. The van der Waals surface area contributed by atoms with Gasteiger partial charge in [-0.05, 0) is 43.4 Å². The molecule has 1 aliphatic heterocycles. The third kappa shape index (κ3) is 2.19. The number of fused-ring (bicyclic) bond motifs is 1. The lowest BCUT2D eigenvalue weighted by molar-refractivity contribution is -0.173. The van der Waals surface area contributed by atoms with Crippen LogP contribution in [0.4, 0.5) is 0 Å². The van der Waals surface area contributed by atoms with Gasteiger partial charge in [-0.1, -0.05) is 19.9 Å². The standard InChI is InChI=1S/C21H26N2O3/c1-13(2)12-23-8-7-20-10-16(24)5-6-21(20,26)17(23)9-14-3-4-15(11-22)19(25)18(14)20/h3-4,13,17,25-26H,5-10,12H2,1-2H3/t17-,20-,21-/m1/s1. The van der Waals surface area contributed by atoms with E-state index < -0.39 is 11.0 Å². The first-order valence-corrected chi connectivity index (χ1v) is 9.56. The smallest absolute Gasteiger partial charge is 0.137 e. The summed E-state index contributed by atoms with van der Waals surface area (Å²) in [6.07, 6.45) is 2.35. The van der Waals surface area contributed by atoms with Crippen LogP contribution in [0, 0.1) is 17.2 Å². The van der Waals surface area contributed by atoms with Crippen molar-refractivity contribution in [1.29, 1.82) is 5.26 Å². The van der Waals surface area contributed by atoms with Gasteiger partial charge in [0.05, 0.1) is 11.2 Å². The second-order valence-corrected chi connectivity index (χ2v) is 8.69. The molecular weight excluding hydrogens is 328 g/mol. The Labute approximate surface area is 154 Å². The van der Waals surface area contributed by atoms with Gasteiger partial charge in [-0.15, -0.1) is 0 Å². The Balaban J connectivity index is 1.93. The van der Waals surface area contributed by atoms with E-state index in [0.717, 1.165) is 18.7 Å². The zero-order chi connectivity index (χ0) is 18.7. The molecule has 26 heavy (non-hydrogen) atoms. The molecule has 1 aromatic carbocycles. The Hall–Kier alpha value is -1.90. The molecule has 1 saturated heterocycles. The first-order valence-electron chi connectivity index (χ1n) is 9.56. The Morgan fingerprint density at radius 2 is 2.15 bits per heavy atom. The van der Waals surface area contributed by atoms with E-state index in [1.54, 1.807) is 6.07 Å². The van der Waals surface area contributed by atoms with E-state index in [4.69, 9.17) is 0 Å². The maximum Gasteiger partial charge on any atom is 0.137 e. The van der Waals surface area contributed by atoms with Crippen molar-refractivity contribution in [3.63, 3.8) is 0 Å². The van der Waals surface area contributed by atoms with Crippen molar-refractivity contribution in [3.05, 3.63) is 28.8 Å². The highest BCUT2D eigenvalue weighted by molar-refractivity contribution is 5.83. The predicted molar refractivity (Wildman–Crippen MR) is 96.8 cm³/mol. The van der Waals surface area contributed by atoms with Crippen LogP contribution in [0.2, 0.25) is 0 Å². The van der Waals surface area contributed by atoms with Gasteiger partial charge in [0.1, 0.15) is 17.6 Å². The molecule has 2 N–H and O–H groups in total. The van der Waals surface area contributed by atoms with Crippen molar-refractivity contribution in [2.45, 2.75) is 63.0 Å². The highest BCUT2D eigenvalue weighted by Crippen LogP contribution is 2.59. The van der Waals surface area contributed by atoms with Crippen molar-refractivity contribution < 1.29 is 15.0 Å². The lowest BCUT2D eigenvalue weighted by Crippen LogP contribution is -2.73. The fraction of sp³-hybridized carbons (Fsp3) is 0.619. The van der Waals surface area contributed by atoms with E-state index in [9.17, 15) is 20.3 Å². The van der Waals surface area contributed by atoms with Crippen LogP contribution in [0.25, 0.3) is 0 Å². The van der Waals surface area contributed by atoms with Gasteiger partial charge in [-0.25, -0.2) is 0 Å². The number of hydrogen-bond acceptors (Lipinski definition) is 5. The molecule has 138 valence electrons. The number of carbonyl (C=O) groups is 1. The summed E-state index contributed by atoms with van der Waals surface area (Å²) in [5.74, 6) is 0.598. The first-order chi connectivity index (χ1) is 12.3. The molecule has 2 aliphatic carbocycles. The number of aliphatic hydroxyl groups is 1. The lowest BCUT2D eigenvalue weighted by Gasteiger charge is -2.63. The maximum absolute atomic E-state index is 12.4. The number of nitriles is 1. The van der Waals surface area contributed by atoms with Crippen molar-refractivity contribution in [1.82, 2.24) is 4.90 Å². The van der Waals surface area contributed by atoms with Gasteiger partial charge in [-0.3, -0.25) is 9.69 Å². The highest BCUT2D eigenvalue weighted by atomic mass is 16.3. The highest BCUT2D eigenvalue weighted by Gasteiger charge is 2.65. The second-order valence-electron chi connectivity index (χ2n) is 8.69. The minimum atomic E-state index is -1.04. The van der Waals surface area contributed by atoms with Crippen LogP contribution in [0.1, 0.15) is 56.2 Å². The largest absolute Gasteiger partial charge is 0.506 e. The van der Waals surface area contributed by atoms with Gasteiger partial charge in [-0.2, -0.15) is 5.26 Å². The first kappa shape index (κ1) is 17.5. The van der Waals surface area contributed by atoms with E-state index in [-0.39, 0.29) is 29.6 Å². The molecule has 0 spiro atoms. The molecule has 1 aromatic rings. The van der Waals surface area contributed by atoms with Crippen LogP contribution in [-0.4, -0.2) is 45.6 Å². The van der Waals surface area contributed by atoms with E-state index in [2.05, 4.69) is 18.7 Å². The molecular formula is C21H26N2O3. The van der Waals surface area contributed by atoms with E-state index in [0.29, 0.717) is 37.2 Å². The molecule has 3 atom stereocenters. The van der Waals surface area contributed by atoms with E-state index >= 15 is 0 Å². The van der Waals surface area contributed by atoms with Gasteiger partial charge in [0.2, 0.25) is 0 Å². The quantitative estimate of drug-likeness (QED) is 0.851. The second kappa shape index (κ2) is 5.80. The van der Waals surface area contributed by atoms with E-state index in [1.807, 2.05) is 12.1 Å². The number of likely N-dealkylation sites (tertiary alicyclic amines) is 1. The third-order valence-corrected chi connectivity index (χ3v) is 6.81. The summed E-state index contributed by atoms with van der Waals surface area (Å²) in [6, 6.07) is 5.55. The Morgan fingerprint density at radius 3 is 2.85 bits per heavy atom. The van der Waals surface area contributed by atoms with Crippen molar-refractivity contribution in [2.24, 2.45) is 5.92 Å². The zero-order valence-electron chi connectivity index (χ0n) is 15.5. The number of aromatic hydroxyl groups is 1. The van der Waals surface area contributed by atoms with Gasteiger partial charge in [0.15, 0.2) is 0 Å². The topological polar surface area (TPSA) is 84.6 Å². The maximum atomic E-state index is 12.4. The molecule has 0 unspecified atom stereocenters. The summed E-state index contributed by atoms with van der Waals surface area (Å²) >= 11 is 0. The van der Waals surface area contributed by atoms with Crippen molar-refractivity contribution in [2.75, 3.05) is 13.1 Å². The molecule has 4 rings (SSSR count). The SMILES string of the molecule is CC(C)CN1CC[C@]23CC(=O)CC[C@@]2(O)[C@H]1Cc1ccc(C#N)c(O)c13. The van der Waals surface area contributed by atoms with Crippen LogP contribution in [0.5, 0.6) is 5.75 Å². The predicted octanol–water partition coefficient (Wildman–Crippen LogP) is 2.27. The summed E-state index contributed by atoms with van der Waals surface area (Å²) in [7, 11) is 0. The van der Waals surface area contributed by atoms with Crippen LogP contribution in [0.15, 0.2) is 12.1 Å². The number of nitrogens with zero attached hydrogens (tertiary/aromatic N) is 2. The third-order valence-electron chi connectivity index (χ3n) is 6.81. The molecule has 0 aromatic heterocycles. The number of Topliss-reactive ketones (excluding diaryl/α,β-unsaturated/α-hetero) is 1. The zero-order valence-corrected chi connectivity index (χ0v) is 15.5. The lowest BCUT2D eigenvalue weighted by atomic mass is 9.49. The van der Waals surface area contributed by atoms with Crippen LogP contribution < -0.4 is 0 Å². The fourth-order valence-electron chi connectivity index (χ4n) is 5.78. The minimum Gasteiger partial charge on any atom is -0.506 e. The number of phenolic OH excluding ortho intramolecular Hbond substituents is 1. The van der Waals surface area contributed by atoms with E-state index in [1.165, 1.54) is 0 Å². The number of rotatable bonds is 2. The summed E-state index contributed by atoms with van der Waals surface area (Å²) < 4.78 is 0. The minimum absolute atomic E-state index is 0.0334. The molecule has 3 aliphatic rings. The number of benzene rings is 1. The number of carbonyl (C=O) groups excluding carboxylic acids is 1.